The highest BCUT2D eigenvalue weighted by atomic mass is 32.1. The molecule has 160 valence electrons. The summed E-state index contributed by atoms with van der Waals surface area (Å²) in [7, 11) is 0. The van der Waals surface area contributed by atoms with Crippen LogP contribution in [-0.4, -0.2) is 51.3 Å². The van der Waals surface area contributed by atoms with Crippen molar-refractivity contribution < 1.29 is 19.1 Å². The van der Waals surface area contributed by atoms with Gasteiger partial charge in [-0.2, -0.15) is 8.75 Å². The second-order valence-corrected chi connectivity index (χ2v) is 7.68. The topological polar surface area (TPSA) is 114 Å². The molecule has 2 aromatic carbocycles. The first-order valence-corrected chi connectivity index (χ1v) is 10.6. The quantitative estimate of drug-likeness (QED) is 0.591. The van der Waals surface area contributed by atoms with Crippen molar-refractivity contribution >= 4 is 52.0 Å². The minimum Gasteiger partial charge on any atom is -0.455 e. The van der Waals surface area contributed by atoms with Crippen LogP contribution in [0.5, 0.6) is 0 Å². The van der Waals surface area contributed by atoms with E-state index in [4.69, 9.17) is 4.74 Å². The third kappa shape index (κ3) is 5.15. The molecule has 9 nitrogen and oxygen atoms in total. The SMILES string of the molecule is O=C(COC(=O)C1CCN(C(=O)Nc2ccccc2)CC1)Nc1cccc2nsnc12. The molecule has 2 N–H and O–H groups in total. The Morgan fingerprint density at radius 3 is 2.55 bits per heavy atom. The number of aromatic nitrogens is 2. The van der Waals surface area contributed by atoms with Gasteiger partial charge in [0.1, 0.15) is 11.0 Å². The molecule has 3 aromatic rings. The van der Waals surface area contributed by atoms with Gasteiger partial charge in [0.05, 0.1) is 23.3 Å². The van der Waals surface area contributed by atoms with Crippen LogP contribution in [0.1, 0.15) is 12.8 Å². The first-order chi connectivity index (χ1) is 15.1. The molecule has 0 bridgehead atoms. The molecule has 1 aliphatic rings. The average Bonchev–Trinajstić information content (AvgIpc) is 3.28. The lowest BCUT2D eigenvalue weighted by molar-refractivity contribution is -0.152. The molecule has 1 fully saturated rings. The standard InChI is InChI=1S/C21H21N5O4S/c27-18(23-16-7-4-8-17-19(16)25-31-24-17)13-30-20(28)14-9-11-26(12-10-14)21(29)22-15-5-2-1-3-6-15/h1-8,14H,9-13H2,(H,22,29)(H,23,27). The van der Waals surface area contributed by atoms with Crippen LogP contribution in [0.25, 0.3) is 11.0 Å². The van der Waals surface area contributed by atoms with E-state index in [2.05, 4.69) is 19.4 Å². The number of hydrogen-bond donors (Lipinski definition) is 2. The van der Waals surface area contributed by atoms with Gasteiger partial charge in [0.25, 0.3) is 5.91 Å². The van der Waals surface area contributed by atoms with Crippen LogP contribution in [0, 0.1) is 5.92 Å². The van der Waals surface area contributed by atoms with Gasteiger partial charge >= 0.3 is 12.0 Å². The van der Waals surface area contributed by atoms with Gasteiger partial charge in [-0.05, 0) is 37.1 Å². The monoisotopic (exact) mass is 439 g/mol. The van der Waals surface area contributed by atoms with Crippen LogP contribution < -0.4 is 10.6 Å². The van der Waals surface area contributed by atoms with Crippen molar-refractivity contribution in [1.82, 2.24) is 13.6 Å². The Hall–Kier alpha value is -3.53. The predicted octanol–water partition coefficient (Wildman–Crippen LogP) is 3.12. The fraction of sp³-hybridized carbons (Fsp3) is 0.286. The second kappa shape index (κ2) is 9.52. The third-order valence-electron chi connectivity index (χ3n) is 5.05. The van der Waals surface area contributed by atoms with Gasteiger partial charge in [0.2, 0.25) is 0 Å². The molecular formula is C21H21N5O4S. The van der Waals surface area contributed by atoms with Gasteiger partial charge in [-0.15, -0.1) is 0 Å². The van der Waals surface area contributed by atoms with E-state index in [1.54, 1.807) is 23.1 Å². The molecule has 0 atom stereocenters. The fourth-order valence-electron chi connectivity index (χ4n) is 3.39. The Morgan fingerprint density at radius 1 is 1.00 bits per heavy atom. The van der Waals surface area contributed by atoms with Gasteiger partial charge in [0.15, 0.2) is 6.61 Å². The van der Waals surface area contributed by atoms with Gasteiger partial charge < -0.3 is 20.3 Å². The molecule has 0 saturated carbocycles. The van der Waals surface area contributed by atoms with E-state index >= 15 is 0 Å². The number of fused-ring (bicyclic) bond motifs is 1. The van der Waals surface area contributed by atoms with Crippen molar-refractivity contribution in [3.8, 4) is 0 Å². The lowest BCUT2D eigenvalue weighted by atomic mass is 9.97. The first-order valence-electron chi connectivity index (χ1n) is 9.89. The van der Waals surface area contributed by atoms with Crippen molar-refractivity contribution in [1.29, 1.82) is 0 Å². The Bertz CT molecular complexity index is 1080. The average molecular weight is 439 g/mol. The molecule has 1 saturated heterocycles. The number of nitrogens with zero attached hydrogens (tertiary/aromatic N) is 3. The number of nitrogens with one attached hydrogen (secondary N) is 2. The number of esters is 1. The normalized spacial score (nSPS) is 14.3. The van der Waals surface area contributed by atoms with E-state index in [1.807, 2.05) is 30.3 Å². The fourth-order valence-corrected chi connectivity index (χ4v) is 3.94. The van der Waals surface area contributed by atoms with Crippen molar-refractivity contribution in [2.75, 3.05) is 30.3 Å². The van der Waals surface area contributed by atoms with Crippen molar-refractivity contribution in [2.45, 2.75) is 12.8 Å². The first kappa shape index (κ1) is 20.7. The molecule has 10 heteroatoms. The number of para-hydroxylation sites is 1. The summed E-state index contributed by atoms with van der Waals surface area (Å²) < 4.78 is 13.5. The number of benzene rings is 2. The lowest BCUT2D eigenvalue weighted by Crippen LogP contribution is -2.43. The second-order valence-electron chi connectivity index (χ2n) is 7.15. The van der Waals surface area contributed by atoms with Gasteiger partial charge in [-0.25, -0.2) is 4.79 Å². The number of ether oxygens (including phenoxy) is 1. The molecule has 0 unspecified atom stereocenters. The number of rotatable bonds is 5. The Labute approximate surface area is 182 Å². The molecule has 0 aliphatic carbocycles. The van der Waals surface area contributed by atoms with E-state index in [9.17, 15) is 14.4 Å². The number of amides is 3. The van der Waals surface area contributed by atoms with Gasteiger partial charge in [0, 0.05) is 18.8 Å². The Morgan fingerprint density at radius 2 is 1.77 bits per heavy atom. The summed E-state index contributed by atoms with van der Waals surface area (Å²) >= 11 is 1.06. The molecule has 0 spiro atoms. The highest BCUT2D eigenvalue weighted by Gasteiger charge is 2.28. The molecular weight excluding hydrogens is 418 g/mol. The van der Waals surface area contributed by atoms with E-state index in [1.165, 1.54) is 0 Å². The molecule has 2 heterocycles. The lowest BCUT2D eigenvalue weighted by Gasteiger charge is -2.30. The van der Waals surface area contributed by atoms with Crippen LogP contribution >= 0.6 is 11.7 Å². The van der Waals surface area contributed by atoms with E-state index in [0.29, 0.717) is 42.7 Å². The van der Waals surface area contributed by atoms with Crippen molar-refractivity contribution in [3.63, 3.8) is 0 Å². The van der Waals surface area contributed by atoms with Crippen LogP contribution in [-0.2, 0) is 14.3 Å². The maximum Gasteiger partial charge on any atom is 0.321 e. The van der Waals surface area contributed by atoms with Crippen molar-refractivity contribution in [2.24, 2.45) is 5.92 Å². The number of urea groups is 1. The number of anilines is 2. The van der Waals surface area contributed by atoms with Gasteiger partial charge in [-0.1, -0.05) is 24.3 Å². The van der Waals surface area contributed by atoms with Crippen molar-refractivity contribution in [3.05, 3.63) is 48.5 Å². The van der Waals surface area contributed by atoms with E-state index < -0.39 is 11.9 Å². The summed E-state index contributed by atoms with van der Waals surface area (Å²) in [5.41, 5.74) is 2.56. The van der Waals surface area contributed by atoms with Crippen LogP contribution in [0.3, 0.4) is 0 Å². The number of piperidine rings is 1. The zero-order valence-electron chi connectivity index (χ0n) is 16.6. The smallest absolute Gasteiger partial charge is 0.321 e. The summed E-state index contributed by atoms with van der Waals surface area (Å²) in [6.45, 7) is 0.522. The molecule has 1 aromatic heterocycles. The van der Waals surface area contributed by atoms with Crippen LogP contribution in [0.2, 0.25) is 0 Å². The summed E-state index contributed by atoms with van der Waals surface area (Å²) in [6.07, 6.45) is 0.985. The maximum atomic E-state index is 12.4. The Kier molecular flexibility index (Phi) is 6.37. The molecule has 4 rings (SSSR count). The summed E-state index contributed by atoms with van der Waals surface area (Å²) in [4.78, 5) is 38.6. The minimum absolute atomic E-state index is 0.192. The zero-order valence-corrected chi connectivity index (χ0v) is 17.4. The highest BCUT2D eigenvalue weighted by Crippen LogP contribution is 2.22. The molecule has 3 amide bonds. The zero-order chi connectivity index (χ0) is 21.6. The number of carbonyl (C=O) groups is 3. The third-order valence-corrected chi connectivity index (χ3v) is 5.59. The Balaban J connectivity index is 1.21. The highest BCUT2D eigenvalue weighted by molar-refractivity contribution is 7.00. The number of carbonyl (C=O) groups excluding carboxylic acids is 3. The molecule has 31 heavy (non-hydrogen) atoms. The number of likely N-dealkylation sites (tertiary alicyclic amines) is 1. The molecule has 1 aliphatic heterocycles. The molecule has 0 radical (unpaired) electrons. The summed E-state index contributed by atoms with van der Waals surface area (Å²) in [5.74, 6) is -1.19. The van der Waals surface area contributed by atoms with Crippen LogP contribution in [0.4, 0.5) is 16.2 Å². The summed E-state index contributed by atoms with van der Waals surface area (Å²) in [6, 6.07) is 14.3. The van der Waals surface area contributed by atoms with Crippen LogP contribution in [0.15, 0.2) is 48.5 Å². The maximum absolute atomic E-state index is 12.4. The summed E-state index contributed by atoms with van der Waals surface area (Å²) in [5, 5.41) is 5.54. The van der Waals surface area contributed by atoms with Gasteiger partial charge in [-0.3, -0.25) is 9.59 Å². The largest absolute Gasteiger partial charge is 0.455 e. The van der Waals surface area contributed by atoms with E-state index in [0.717, 1.165) is 17.4 Å². The van der Waals surface area contributed by atoms with E-state index in [-0.39, 0.29) is 18.6 Å². The predicted molar refractivity (Wildman–Crippen MR) is 117 cm³/mol. The number of hydrogen-bond acceptors (Lipinski definition) is 7. The minimum atomic E-state index is -0.437.